The molecule has 2 aliphatic rings. The van der Waals surface area contributed by atoms with E-state index in [1.54, 1.807) is 0 Å². The van der Waals surface area contributed by atoms with Gasteiger partial charge in [-0.3, -0.25) is 4.79 Å². The Labute approximate surface area is 133 Å². The summed E-state index contributed by atoms with van der Waals surface area (Å²) in [4.78, 5) is 14.7. The van der Waals surface area contributed by atoms with Gasteiger partial charge in [-0.1, -0.05) is 17.7 Å². The summed E-state index contributed by atoms with van der Waals surface area (Å²) in [6, 6.07) is 6.15. The molecule has 1 aromatic rings. The van der Waals surface area contributed by atoms with Crippen molar-refractivity contribution in [3.8, 4) is 0 Å². The minimum atomic E-state index is 0. The van der Waals surface area contributed by atoms with E-state index >= 15 is 0 Å². The van der Waals surface area contributed by atoms with Crippen LogP contribution in [0, 0.1) is 19.3 Å². The lowest BCUT2D eigenvalue weighted by Gasteiger charge is -2.39. The molecule has 0 aliphatic carbocycles. The number of aryl methyl sites for hydroxylation is 2. The van der Waals surface area contributed by atoms with Gasteiger partial charge >= 0.3 is 0 Å². The molecule has 0 unspecified atom stereocenters. The zero-order chi connectivity index (χ0) is 14.2. The summed E-state index contributed by atoms with van der Waals surface area (Å²) >= 11 is 0. The van der Waals surface area contributed by atoms with Crippen molar-refractivity contribution >= 4 is 18.3 Å². The van der Waals surface area contributed by atoms with Crippen molar-refractivity contribution in [2.75, 3.05) is 26.2 Å². The second-order valence-electron chi connectivity index (χ2n) is 6.54. The van der Waals surface area contributed by atoms with E-state index in [0.717, 1.165) is 55.7 Å². The molecule has 3 rings (SSSR count). The third-order valence-corrected chi connectivity index (χ3v) is 5.07. The highest BCUT2D eigenvalue weighted by atomic mass is 35.5. The van der Waals surface area contributed by atoms with Crippen LogP contribution < -0.4 is 5.32 Å². The van der Waals surface area contributed by atoms with Crippen LogP contribution in [0.15, 0.2) is 18.2 Å². The number of nitrogens with one attached hydrogen (secondary N) is 1. The van der Waals surface area contributed by atoms with Gasteiger partial charge in [-0.15, -0.1) is 12.4 Å². The summed E-state index contributed by atoms with van der Waals surface area (Å²) in [5, 5.41) is 3.47. The van der Waals surface area contributed by atoms with Crippen LogP contribution in [0.1, 0.15) is 40.7 Å². The zero-order valence-corrected chi connectivity index (χ0v) is 13.8. The standard InChI is InChI=1S/C17H24N2O.ClH/c1-13-3-4-14(2)15(11-13)16(20)19-9-6-17(7-10-19)5-8-18-12-17;/h3-4,11,18H,5-10,12H2,1-2H3;1H. The molecule has 1 spiro atoms. The van der Waals surface area contributed by atoms with Crippen LogP contribution >= 0.6 is 12.4 Å². The van der Waals surface area contributed by atoms with Gasteiger partial charge in [-0.25, -0.2) is 0 Å². The van der Waals surface area contributed by atoms with Crippen molar-refractivity contribution in [2.24, 2.45) is 5.41 Å². The number of likely N-dealkylation sites (tertiary alicyclic amines) is 1. The SMILES string of the molecule is Cc1ccc(C)c(C(=O)N2CCC3(CCNC3)CC2)c1.Cl. The summed E-state index contributed by atoms with van der Waals surface area (Å²) in [7, 11) is 0. The first-order valence-electron chi connectivity index (χ1n) is 7.67. The number of carbonyl (C=O) groups excluding carboxylic acids is 1. The minimum Gasteiger partial charge on any atom is -0.339 e. The highest BCUT2D eigenvalue weighted by Crippen LogP contribution is 2.37. The Bertz CT molecular complexity index is 514. The Morgan fingerprint density at radius 3 is 2.52 bits per heavy atom. The molecule has 21 heavy (non-hydrogen) atoms. The Hall–Kier alpha value is -1.06. The molecule has 0 saturated carbocycles. The van der Waals surface area contributed by atoms with Gasteiger partial charge < -0.3 is 10.2 Å². The molecule has 0 aromatic heterocycles. The molecule has 1 N–H and O–H groups in total. The van der Waals surface area contributed by atoms with Gasteiger partial charge in [-0.2, -0.15) is 0 Å². The molecule has 0 radical (unpaired) electrons. The van der Waals surface area contributed by atoms with E-state index in [4.69, 9.17) is 0 Å². The Kier molecular flexibility index (Phi) is 4.95. The number of rotatable bonds is 1. The van der Waals surface area contributed by atoms with Crippen molar-refractivity contribution in [3.05, 3.63) is 34.9 Å². The number of hydrogen-bond acceptors (Lipinski definition) is 2. The van der Waals surface area contributed by atoms with Crippen LogP contribution in [-0.2, 0) is 0 Å². The first-order chi connectivity index (χ1) is 9.60. The molecule has 0 atom stereocenters. The predicted octanol–water partition coefficient (Wildman–Crippen LogP) is 2.94. The number of piperidine rings is 1. The van der Waals surface area contributed by atoms with E-state index in [1.165, 1.54) is 6.42 Å². The van der Waals surface area contributed by atoms with E-state index in [2.05, 4.69) is 17.4 Å². The average Bonchev–Trinajstić information content (AvgIpc) is 2.90. The lowest BCUT2D eigenvalue weighted by molar-refractivity contribution is 0.0607. The fraction of sp³-hybridized carbons (Fsp3) is 0.588. The molecule has 2 heterocycles. The molecule has 4 heteroatoms. The van der Waals surface area contributed by atoms with Crippen molar-refractivity contribution in [3.63, 3.8) is 0 Å². The fourth-order valence-electron chi connectivity index (χ4n) is 3.54. The smallest absolute Gasteiger partial charge is 0.254 e. The molecule has 3 nitrogen and oxygen atoms in total. The van der Waals surface area contributed by atoms with Crippen LogP contribution in [0.4, 0.5) is 0 Å². The van der Waals surface area contributed by atoms with E-state index < -0.39 is 0 Å². The third kappa shape index (κ3) is 3.24. The molecule has 2 saturated heterocycles. The quantitative estimate of drug-likeness (QED) is 0.865. The van der Waals surface area contributed by atoms with Crippen LogP contribution in [0.3, 0.4) is 0 Å². The summed E-state index contributed by atoms with van der Waals surface area (Å²) in [5.74, 6) is 0.215. The maximum Gasteiger partial charge on any atom is 0.254 e. The minimum absolute atomic E-state index is 0. The Morgan fingerprint density at radius 2 is 1.90 bits per heavy atom. The summed E-state index contributed by atoms with van der Waals surface area (Å²) in [6.07, 6.45) is 3.58. The van der Waals surface area contributed by atoms with E-state index in [-0.39, 0.29) is 18.3 Å². The molecule has 0 bridgehead atoms. The second-order valence-corrected chi connectivity index (χ2v) is 6.54. The van der Waals surface area contributed by atoms with Gasteiger partial charge in [0, 0.05) is 25.2 Å². The van der Waals surface area contributed by atoms with Crippen molar-refractivity contribution in [1.29, 1.82) is 0 Å². The summed E-state index contributed by atoms with van der Waals surface area (Å²) in [5.41, 5.74) is 3.60. The molecular formula is C17H25ClN2O. The average molecular weight is 309 g/mol. The van der Waals surface area contributed by atoms with Crippen LogP contribution in [0.5, 0.6) is 0 Å². The van der Waals surface area contributed by atoms with Gasteiger partial charge in [0.05, 0.1) is 0 Å². The lowest BCUT2D eigenvalue weighted by atomic mass is 9.77. The molecule has 2 aliphatic heterocycles. The van der Waals surface area contributed by atoms with Gasteiger partial charge in [0.15, 0.2) is 0 Å². The molecule has 1 amide bonds. The highest BCUT2D eigenvalue weighted by Gasteiger charge is 2.38. The van der Waals surface area contributed by atoms with E-state index in [0.29, 0.717) is 5.41 Å². The van der Waals surface area contributed by atoms with Crippen LogP contribution in [0.2, 0.25) is 0 Å². The third-order valence-electron chi connectivity index (χ3n) is 5.07. The Balaban J connectivity index is 0.00000161. The fourth-order valence-corrected chi connectivity index (χ4v) is 3.54. The molecule has 116 valence electrons. The topological polar surface area (TPSA) is 32.3 Å². The second kappa shape index (κ2) is 6.37. The van der Waals surface area contributed by atoms with Crippen LogP contribution in [0.25, 0.3) is 0 Å². The predicted molar refractivity (Wildman–Crippen MR) is 88.2 cm³/mol. The van der Waals surface area contributed by atoms with Gasteiger partial charge in [0.2, 0.25) is 0 Å². The number of carbonyl (C=O) groups is 1. The number of nitrogens with zero attached hydrogens (tertiary/aromatic N) is 1. The first-order valence-corrected chi connectivity index (χ1v) is 7.67. The number of hydrogen-bond donors (Lipinski definition) is 1. The maximum atomic E-state index is 12.7. The Morgan fingerprint density at radius 1 is 1.19 bits per heavy atom. The van der Waals surface area contributed by atoms with Gasteiger partial charge in [0.25, 0.3) is 5.91 Å². The van der Waals surface area contributed by atoms with Crippen molar-refractivity contribution in [2.45, 2.75) is 33.1 Å². The summed E-state index contributed by atoms with van der Waals surface area (Å²) in [6.45, 7) is 8.18. The van der Waals surface area contributed by atoms with Crippen molar-refractivity contribution < 1.29 is 4.79 Å². The molecule has 2 fully saturated rings. The molecular weight excluding hydrogens is 284 g/mol. The maximum absolute atomic E-state index is 12.7. The molecule has 1 aromatic carbocycles. The normalized spacial score (nSPS) is 20.4. The lowest BCUT2D eigenvalue weighted by Crippen LogP contribution is -2.44. The van der Waals surface area contributed by atoms with Gasteiger partial charge in [0.1, 0.15) is 0 Å². The highest BCUT2D eigenvalue weighted by molar-refractivity contribution is 5.95. The largest absolute Gasteiger partial charge is 0.339 e. The number of halogens is 1. The van der Waals surface area contributed by atoms with E-state index in [1.807, 2.05) is 24.8 Å². The summed E-state index contributed by atoms with van der Waals surface area (Å²) < 4.78 is 0. The zero-order valence-electron chi connectivity index (χ0n) is 12.9. The van der Waals surface area contributed by atoms with Crippen LogP contribution in [-0.4, -0.2) is 37.0 Å². The monoisotopic (exact) mass is 308 g/mol. The van der Waals surface area contributed by atoms with Gasteiger partial charge in [-0.05, 0) is 56.7 Å². The van der Waals surface area contributed by atoms with Crippen molar-refractivity contribution in [1.82, 2.24) is 10.2 Å². The number of benzene rings is 1. The first kappa shape index (κ1) is 16.3. The number of amides is 1. The van der Waals surface area contributed by atoms with E-state index in [9.17, 15) is 4.79 Å².